The fraction of sp³-hybridized carbons (Fsp3) is 0.750. The van der Waals surface area contributed by atoms with Gasteiger partial charge >= 0.3 is 0 Å². The first kappa shape index (κ1) is 11.2. The standard InChI is InChI=1S/C8H15N3O2S/c1-6-5-11(2-3-14-6)8(12)4-7(9)10-13/h6,13H,2-5H2,1H3,(H2,9,10). The predicted octanol–water partition coefficient (Wildman–Crippen LogP) is 0.0868. The Labute approximate surface area is 87.3 Å². The second-order valence-electron chi connectivity index (χ2n) is 3.29. The Bertz CT molecular complexity index is 245. The fourth-order valence-electron chi connectivity index (χ4n) is 1.35. The average Bonchev–Trinajstić information content (AvgIpc) is 2.17. The molecule has 1 atom stereocenters. The summed E-state index contributed by atoms with van der Waals surface area (Å²) in [5.41, 5.74) is 5.26. The Morgan fingerprint density at radius 1 is 1.79 bits per heavy atom. The lowest BCUT2D eigenvalue weighted by molar-refractivity contribution is -0.129. The van der Waals surface area contributed by atoms with Crippen molar-refractivity contribution in [2.75, 3.05) is 18.8 Å². The van der Waals surface area contributed by atoms with Crippen molar-refractivity contribution in [2.45, 2.75) is 18.6 Å². The molecule has 0 aliphatic carbocycles. The van der Waals surface area contributed by atoms with Gasteiger partial charge in [0.05, 0.1) is 6.42 Å². The van der Waals surface area contributed by atoms with Gasteiger partial charge in [-0.2, -0.15) is 11.8 Å². The van der Waals surface area contributed by atoms with E-state index in [0.29, 0.717) is 5.25 Å². The van der Waals surface area contributed by atoms with Crippen LogP contribution in [0.15, 0.2) is 5.16 Å². The summed E-state index contributed by atoms with van der Waals surface area (Å²) in [5, 5.41) is 11.6. The molecule has 5 nitrogen and oxygen atoms in total. The van der Waals surface area contributed by atoms with Crippen molar-refractivity contribution in [1.29, 1.82) is 0 Å². The number of nitrogens with zero attached hydrogens (tertiary/aromatic N) is 2. The van der Waals surface area contributed by atoms with Crippen LogP contribution in [0.2, 0.25) is 0 Å². The Balaban J connectivity index is 2.44. The number of thioether (sulfide) groups is 1. The number of amidine groups is 1. The third kappa shape index (κ3) is 3.10. The number of amides is 1. The van der Waals surface area contributed by atoms with Crippen LogP contribution < -0.4 is 5.73 Å². The molecule has 0 spiro atoms. The molecule has 1 amide bonds. The van der Waals surface area contributed by atoms with E-state index in [1.807, 2.05) is 11.8 Å². The maximum absolute atomic E-state index is 11.6. The highest BCUT2D eigenvalue weighted by Gasteiger charge is 2.21. The minimum absolute atomic E-state index is 0.00782. The largest absolute Gasteiger partial charge is 0.409 e. The first-order valence-electron chi connectivity index (χ1n) is 4.49. The molecule has 1 heterocycles. The van der Waals surface area contributed by atoms with Gasteiger partial charge in [0, 0.05) is 24.1 Å². The second kappa shape index (κ2) is 5.09. The van der Waals surface area contributed by atoms with Crippen molar-refractivity contribution in [2.24, 2.45) is 10.9 Å². The molecule has 6 heteroatoms. The van der Waals surface area contributed by atoms with Gasteiger partial charge in [0.1, 0.15) is 5.84 Å². The van der Waals surface area contributed by atoms with E-state index < -0.39 is 0 Å². The van der Waals surface area contributed by atoms with Crippen LogP contribution in [-0.2, 0) is 4.79 Å². The van der Waals surface area contributed by atoms with Gasteiger partial charge in [0.15, 0.2) is 0 Å². The van der Waals surface area contributed by atoms with Gasteiger partial charge in [0.2, 0.25) is 5.91 Å². The van der Waals surface area contributed by atoms with Crippen LogP contribution >= 0.6 is 11.8 Å². The topological polar surface area (TPSA) is 78.9 Å². The number of hydrogen-bond donors (Lipinski definition) is 2. The highest BCUT2D eigenvalue weighted by Crippen LogP contribution is 2.18. The van der Waals surface area contributed by atoms with Crippen molar-refractivity contribution in [3.63, 3.8) is 0 Å². The zero-order chi connectivity index (χ0) is 10.6. The molecule has 0 aromatic heterocycles. The lowest BCUT2D eigenvalue weighted by Gasteiger charge is -2.30. The molecule has 0 aromatic rings. The summed E-state index contributed by atoms with van der Waals surface area (Å²) in [6.07, 6.45) is 0.00782. The zero-order valence-electron chi connectivity index (χ0n) is 8.14. The van der Waals surface area contributed by atoms with E-state index in [0.717, 1.165) is 18.8 Å². The predicted molar refractivity (Wildman–Crippen MR) is 56.5 cm³/mol. The van der Waals surface area contributed by atoms with Crippen LogP contribution in [0.5, 0.6) is 0 Å². The van der Waals surface area contributed by atoms with Crippen LogP contribution in [0.3, 0.4) is 0 Å². The van der Waals surface area contributed by atoms with Crippen molar-refractivity contribution in [1.82, 2.24) is 4.90 Å². The molecule has 3 N–H and O–H groups in total. The van der Waals surface area contributed by atoms with E-state index in [4.69, 9.17) is 10.9 Å². The highest BCUT2D eigenvalue weighted by atomic mass is 32.2. The van der Waals surface area contributed by atoms with Crippen LogP contribution in [0.1, 0.15) is 13.3 Å². The number of nitrogens with two attached hydrogens (primary N) is 1. The number of carbonyl (C=O) groups is 1. The Morgan fingerprint density at radius 2 is 2.50 bits per heavy atom. The summed E-state index contributed by atoms with van der Waals surface area (Å²) in [5.74, 6) is 0.872. The Kier molecular flexibility index (Phi) is 4.06. The van der Waals surface area contributed by atoms with Gasteiger partial charge in [-0.1, -0.05) is 12.1 Å². The van der Waals surface area contributed by atoms with Crippen molar-refractivity contribution >= 4 is 23.5 Å². The number of oxime groups is 1. The summed E-state index contributed by atoms with van der Waals surface area (Å²) < 4.78 is 0. The van der Waals surface area contributed by atoms with Crippen LogP contribution in [-0.4, -0.2) is 45.9 Å². The quantitative estimate of drug-likeness (QED) is 0.297. The van der Waals surface area contributed by atoms with Gasteiger partial charge in [-0.05, 0) is 0 Å². The molecule has 0 bridgehead atoms. The molecule has 1 rings (SSSR count). The molecule has 0 saturated carbocycles. The molecule has 0 radical (unpaired) electrons. The van der Waals surface area contributed by atoms with E-state index in [-0.39, 0.29) is 18.2 Å². The van der Waals surface area contributed by atoms with E-state index in [1.165, 1.54) is 0 Å². The fourth-order valence-corrected chi connectivity index (χ4v) is 2.36. The van der Waals surface area contributed by atoms with Gasteiger partial charge in [0.25, 0.3) is 0 Å². The van der Waals surface area contributed by atoms with Crippen molar-refractivity contribution < 1.29 is 10.0 Å². The molecule has 1 fully saturated rings. The first-order valence-corrected chi connectivity index (χ1v) is 5.54. The summed E-state index contributed by atoms with van der Waals surface area (Å²) in [7, 11) is 0. The molecule has 1 unspecified atom stereocenters. The molecule has 1 aliphatic heterocycles. The van der Waals surface area contributed by atoms with Gasteiger partial charge in [-0.15, -0.1) is 0 Å². The van der Waals surface area contributed by atoms with Crippen molar-refractivity contribution in [3.05, 3.63) is 0 Å². The smallest absolute Gasteiger partial charge is 0.230 e. The first-order chi connectivity index (χ1) is 6.63. The van der Waals surface area contributed by atoms with Crippen LogP contribution in [0, 0.1) is 0 Å². The lowest BCUT2D eigenvalue weighted by atomic mass is 10.3. The summed E-state index contributed by atoms with van der Waals surface area (Å²) in [6, 6.07) is 0. The third-order valence-electron chi connectivity index (χ3n) is 2.05. The van der Waals surface area contributed by atoms with Gasteiger partial charge < -0.3 is 15.8 Å². The van der Waals surface area contributed by atoms with E-state index >= 15 is 0 Å². The maximum atomic E-state index is 11.6. The van der Waals surface area contributed by atoms with Crippen LogP contribution in [0.25, 0.3) is 0 Å². The summed E-state index contributed by atoms with van der Waals surface area (Å²) in [4.78, 5) is 13.3. The molecule has 80 valence electrons. The second-order valence-corrected chi connectivity index (χ2v) is 4.84. The summed E-state index contributed by atoms with van der Waals surface area (Å²) >= 11 is 1.86. The normalized spacial score (nSPS) is 23.6. The third-order valence-corrected chi connectivity index (χ3v) is 3.19. The van der Waals surface area contributed by atoms with E-state index in [2.05, 4.69) is 12.1 Å². The zero-order valence-corrected chi connectivity index (χ0v) is 8.96. The monoisotopic (exact) mass is 217 g/mol. The molecule has 1 saturated heterocycles. The van der Waals surface area contributed by atoms with Gasteiger partial charge in [-0.3, -0.25) is 4.79 Å². The number of carbonyl (C=O) groups excluding carboxylic acids is 1. The Morgan fingerprint density at radius 3 is 3.07 bits per heavy atom. The number of rotatable bonds is 2. The molecular formula is C8H15N3O2S. The average molecular weight is 217 g/mol. The highest BCUT2D eigenvalue weighted by molar-refractivity contribution is 7.99. The molecule has 0 aromatic carbocycles. The maximum Gasteiger partial charge on any atom is 0.230 e. The Hall–Kier alpha value is -0.910. The van der Waals surface area contributed by atoms with Crippen LogP contribution in [0.4, 0.5) is 0 Å². The summed E-state index contributed by atoms with van der Waals surface area (Å²) in [6.45, 7) is 3.60. The minimum atomic E-state index is -0.0625. The lowest BCUT2D eigenvalue weighted by Crippen LogP contribution is -2.42. The van der Waals surface area contributed by atoms with E-state index in [9.17, 15) is 4.79 Å². The SMILES string of the molecule is CC1CN(C(=O)C/C(N)=N/O)CCS1. The molecule has 14 heavy (non-hydrogen) atoms. The van der Waals surface area contributed by atoms with Crippen molar-refractivity contribution in [3.8, 4) is 0 Å². The number of hydrogen-bond acceptors (Lipinski definition) is 4. The molecular weight excluding hydrogens is 202 g/mol. The molecule has 1 aliphatic rings. The van der Waals surface area contributed by atoms with Gasteiger partial charge in [-0.25, -0.2) is 0 Å². The minimum Gasteiger partial charge on any atom is -0.409 e. The van der Waals surface area contributed by atoms with E-state index in [1.54, 1.807) is 4.90 Å².